The van der Waals surface area contributed by atoms with Gasteiger partial charge < -0.3 is 10.4 Å². The first-order valence-corrected chi connectivity index (χ1v) is 11.3. The molecule has 7 nitrogen and oxygen atoms in total. The summed E-state index contributed by atoms with van der Waals surface area (Å²) in [5.74, 6) is -0.715. The van der Waals surface area contributed by atoms with E-state index < -0.39 is 5.97 Å². The van der Waals surface area contributed by atoms with Crippen LogP contribution in [0.15, 0.2) is 30.3 Å². The number of aromatic nitrogens is 2. The maximum atomic E-state index is 13.2. The normalized spacial score (nSPS) is 10.8. The van der Waals surface area contributed by atoms with Crippen LogP contribution in [0, 0.1) is 5.82 Å². The van der Waals surface area contributed by atoms with Gasteiger partial charge in [-0.05, 0) is 49.6 Å². The lowest BCUT2D eigenvalue weighted by molar-refractivity contribution is -0.137. The molecule has 9 heteroatoms. The van der Waals surface area contributed by atoms with Gasteiger partial charge in [0.2, 0.25) is 0 Å². The van der Waals surface area contributed by atoms with Crippen molar-refractivity contribution in [3.05, 3.63) is 41.8 Å². The molecule has 1 aromatic heterocycles. The molecule has 1 amide bonds. The Balaban J connectivity index is 1.93. The number of thioether (sulfide) groups is 1. The van der Waals surface area contributed by atoms with Crippen LogP contribution in [0.5, 0.6) is 0 Å². The second-order valence-electron chi connectivity index (χ2n) is 7.15. The molecule has 0 bridgehead atoms. The second kappa shape index (κ2) is 12.9. The van der Waals surface area contributed by atoms with E-state index in [2.05, 4.69) is 10.4 Å². The summed E-state index contributed by atoms with van der Waals surface area (Å²) < 4.78 is 14.7. The van der Waals surface area contributed by atoms with Crippen LogP contribution < -0.4 is 5.32 Å². The number of carbonyl (C=O) groups is 3. The van der Waals surface area contributed by atoms with E-state index in [1.54, 1.807) is 25.1 Å². The monoisotopic (exact) mass is 449 g/mol. The Morgan fingerprint density at radius 1 is 1.10 bits per heavy atom. The summed E-state index contributed by atoms with van der Waals surface area (Å²) >= 11 is 1.33. The van der Waals surface area contributed by atoms with Crippen LogP contribution in [-0.4, -0.2) is 44.2 Å². The lowest BCUT2D eigenvalue weighted by Crippen LogP contribution is -2.27. The van der Waals surface area contributed by atoms with E-state index in [1.165, 1.54) is 28.6 Å². The van der Waals surface area contributed by atoms with Crippen LogP contribution in [0.2, 0.25) is 0 Å². The molecule has 2 N–H and O–H groups in total. The van der Waals surface area contributed by atoms with Crippen LogP contribution >= 0.6 is 11.8 Å². The number of nitrogens with zero attached hydrogens (tertiary/aromatic N) is 2. The summed E-state index contributed by atoms with van der Waals surface area (Å²) in [5.41, 5.74) is 1.56. The highest BCUT2D eigenvalue weighted by Crippen LogP contribution is 2.20. The Morgan fingerprint density at radius 2 is 1.81 bits per heavy atom. The number of aryl methyl sites for hydroxylation is 1. The number of nitrogens with one attached hydrogen (secondary N) is 1. The molecule has 168 valence electrons. The molecule has 0 atom stereocenters. The minimum Gasteiger partial charge on any atom is -0.481 e. The molecule has 2 rings (SSSR count). The van der Waals surface area contributed by atoms with Crippen molar-refractivity contribution >= 4 is 28.8 Å². The molecule has 1 heterocycles. The van der Waals surface area contributed by atoms with Gasteiger partial charge in [-0.1, -0.05) is 24.6 Å². The summed E-state index contributed by atoms with van der Waals surface area (Å²) in [6.45, 7) is 2.38. The zero-order valence-corrected chi connectivity index (χ0v) is 18.4. The maximum absolute atomic E-state index is 13.2. The van der Waals surface area contributed by atoms with Gasteiger partial charge in [0.15, 0.2) is 5.12 Å². The van der Waals surface area contributed by atoms with E-state index in [-0.39, 0.29) is 23.3 Å². The van der Waals surface area contributed by atoms with Gasteiger partial charge in [0, 0.05) is 37.8 Å². The number of benzene rings is 1. The highest BCUT2D eigenvalue weighted by molar-refractivity contribution is 8.13. The summed E-state index contributed by atoms with van der Waals surface area (Å²) in [4.78, 5) is 34.4. The smallest absolute Gasteiger partial charge is 0.303 e. The van der Waals surface area contributed by atoms with E-state index >= 15 is 0 Å². The van der Waals surface area contributed by atoms with Crippen LogP contribution in [0.3, 0.4) is 0 Å². The van der Waals surface area contributed by atoms with Crippen LogP contribution in [0.4, 0.5) is 4.39 Å². The van der Waals surface area contributed by atoms with Gasteiger partial charge in [-0.25, -0.2) is 4.39 Å². The predicted octanol–water partition coefficient (Wildman–Crippen LogP) is 4.12. The molecule has 0 aliphatic carbocycles. The van der Waals surface area contributed by atoms with Crippen LogP contribution in [0.1, 0.15) is 55.9 Å². The number of aliphatic carboxylic acids is 1. The first kappa shape index (κ1) is 24.6. The first-order chi connectivity index (χ1) is 14.9. The van der Waals surface area contributed by atoms with Gasteiger partial charge in [0.1, 0.15) is 11.5 Å². The molecule has 0 aliphatic rings. The molecule has 0 unspecified atom stereocenters. The number of carbonyl (C=O) groups excluding carboxylic acids is 2. The number of unbranched alkanes of at least 4 members (excludes halogenated alkanes) is 3. The Hall–Kier alpha value is -2.68. The Kier molecular flexibility index (Phi) is 10.2. The summed E-state index contributed by atoms with van der Waals surface area (Å²) in [6.07, 6.45) is 4.08. The van der Waals surface area contributed by atoms with E-state index in [9.17, 15) is 18.8 Å². The molecule has 2 aromatic rings. The third kappa shape index (κ3) is 8.92. The lowest BCUT2D eigenvalue weighted by Gasteiger charge is -2.08. The molecule has 0 fully saturated rings. The first-order valence-electron chi connectivity index (χ1n) is 10.3. The minimum absolute atomic E-state index is 0.0191. The van der Waals surface area contributed by atoms with Gasteiger partial charge in [-0.2, -0.15) is 5.10 Å². The fourth-order valence-corrected chi connectivity index (χ4v) is 3.64. The van der Waals surface area contributed by atoms with Crippen LogP contribution in [-0.2, 0) is 16.1 Å². The van der Waals surface area contributed by atoms with Crippen molar-refractivity contribution in [1.82, 2.24) is 15.1 Å². The van der Waals surface area contributed by atoms with E-state index in [4.69, 9.17) is 5.11 Å². The number of hydrogen-bond donors (Lipinski definition) is 2. The third-order valence-corrected chi connectivity index (χ3v) is 5.47. The number of carboxylic acids is 1. The second-order valence-corrected chi connectivity index (χ2v) is 8.42. The topological polar surface area (TPSA) is 101 Å². The van der Waals surface area contributed by atoms with Crippen molar-refractivity contribution in [3.8, 4) is 11.3 Å². The van der Waals surface area contributed by atoms with Crippen molar-refractivity contribution < 1.29 is 23.9 Å². The van der Waals surface area contributed by atoms with Gasteiger partial charge in [0.05, 0.1) is 5.69 Å². The average molecular weight is 450 g/mol. The molecular formula is C22H28FN3O4S. The molecule has 1 aromatic carbocycles. The molecule has 0 aliphatic heterocycles. The number of amides is 1. The van der Waals surface area contributed by atoms with E-state index in [1.807, 2.05) is 0 Å². The number of hydrogen-bond acceptors (Lipinski definition) is 5. The third-order valence-electron chi connectivity index (χ3n) is 4.58. The molecule has 31 heavy (non-hydrogen) atoms. The summed E-state index contributed by atoms with van der Waals surface area (Å²) in [6, 6.07) is 7.47. The molecule has 0 saturated heterocycles. The average Bonchev–Trinajstić information content (AvgIpc) is 3.14. The van der Waals surface area contributed by atoms with E-state index in [0.29, 0.717) is 36.5 Å². The van der Waals surface area contributed by atoms with E-state index in [0.717, 1.165) is 31.4 Å². The van der Waals surface area contributed by atoms with Crippen molar-refractivity contribution in [2.24, 2.45) is 0 Å². The lowest BCUT2D eigenvalue weighted by atomic mass is 10.1. The van der Waals surface area contributed by atoms with Gasteiger partial charge in [0.25, 0.3) is 5.91 Å². The molecule has 0 saturated carbocycles. The Labute approximate surface area is 185 Å². The standard InChI is InChI=1S/C22H28FN3O4S/c1-16(27)31-14-5-3-2-4-12-24-22(30)20-15-19(17-8-10-18(23)11-9-17)25-26(20)13-6-7-21(28)29/h8-11,15H,2-7,12-14H2,1H3,(H,24,30)(H,28,29). The highest BCUT2D eigenvalue weighted by atomic mass is 32.2. The number of rotatable bonds is 13. The zero-order valence-electron chi connectivity index (χ0n) is 17.6. The summed E-state index contributed by atoms with van der Waals surface area (Å²) in [5, 5.41) is 16.3. The van der Waals surface area contributed by atoms with Gasteiger partial charge in [-0.15, -0.1) is 0 Å². The number of carboxylic acid groups (broad SMARTS) is 1. The van der Waals surface area contributed by atoms with Gasteiger partial charge in [-0.3, -0.25) is 19.1 Å². The van der Waals surface area contributed by atoms with Gasteiger partial charge >= 0.3 is 5.97 Å². The molecule has 0 spiro atoms. The van der Waals surface area contributed by atoms with Crippen molar-refractivity contribution in [2.75, 3.05) is 12.3 Å². The minimum atomic E-state index is -0.904. The Bertz CT molecular complexity index is 883. The fourth-order valence-electron chi connectivity index (χ4n) is 3.00. The fraction of sp³-hybridized carbons (Fsp3) is 0.455. The van der Waals surface area contributed by atoms with Crippen molar-refractivity contribution in [3.63, 3.8) is 0 Å². The van der Waals surface area contributed by atoms with Crippen molar-refractivity contribution in [2.45, 2.75) is 52.0 Å². The molecule has 0 radical (unpaired) electrons. The predicted molar refractivity (Wildman–Crippen MR) is 118 cm³/mol. The zero-order chi connectivity index (χ0) is 22.6. The summed E-state index contributed by atoms with van der Waals surface area (Å²) in [7, 11) is 0. The van der Waals surface area contributed by atoms with Crippen molar-refractivity contribution in [1.29, 1.82) is 0 Å². The quantitative estimate of drug-likeness (QED) is 0.446. The largest absolute Gasteiger partial charge is 0.481 e. The Morgan fingerprint density at radius 3 is 2.48 bits per heavy atom. The number of halogens is 1. The molecular weight excluding hydrogens is 421 g/mol. The van der Waals surface area contributed by atoms with Crippen LogP contribution in [0.25, 0.3) is 11.3 Å². The SMILES string of the molecule is CC(=O)SCCCCCCNC(=O)c1cc(-c2ccc(F)cc2)nn1CCCC(=O)O. The maximum Gasteiger partial charge on any atom is 0.303 e. The highest BCUT2D eigenvalue weighted by Gasteiger charge is 2.16.